The van der Waals surface area contributed by atoms with Crippen LogP contribution in [0.3, 0.4) is 0 Å². The molecule has 0 aliphatic rings. The van der Waals surface area contributed by atoms with E-state index in [0.717, 1.165) is 6.42 Å². The first kappa shape index (κ1) is 28.1. The molecule has 0 aromatic carbocycles. The van der Waals surface area contributed by atoms with E-state index in [1.807, 2.05) is 41.5 Å². The van der Waals surface area contributed by atoms with Crippen LogP contribution in [0.4, 0.5) is 0 Å². The molecule has 2 unspecified atom stereocenters. The first-order valence-electron chi connectivity index (χ1n) is 9.93. The van der Waals surface area contributed by atoms with E-state index in [-0.39, 0.29) is 15.9 Å². The molecule has 2 atom stereocenters. The third-order valence-electron chi connectivity index (χ3n) is 3.96. The maximum atomic E-state index is 11.7. The molecule has 0 heterocycles. The summed E-state index contributed by atoms with van der Waals surface area (Å²) >= 11 is 2.95. The van der Waals surface area contributed by atoms with E-state index in [1.54, 1.807) is 18.7 Å². The van der Waals surface area contributed by atoms with Gasteiger partial charge in [-0.2, -0.15) is 11.8 Å². The summed E-state index contributed by atoms with van der Waals surface area (Å²) < 4.78 is 11.4. The number of ether oxygens (including phenoxy) is 2. The molecule has 2 N–H and O–H groups in total. The maximum Gasteiger partial charge on any atom is 0.308 e. The molecule has 0 rings (SSSR count). The van der Waals surface area contributed by atoms with Crippen LogP contribution < -0.4 is 0 Å². The van der Waals surface area contributed by atoms with Crippen LogP contribution in [0.1, 0.15) is 75.2 Å². The van der Waals surface area contributed by atoms with Gasteiger partial charge in [0.05, 0.1) is 23.7 Å². The fourth-order valence-electron chi connectivity index (χ4n) is 2.09. The van der Waals surface area contributed by atoms with Gasteiger partial charge >= 0.3 is 5.97 Å². The van der Waals surface area contributed by atoms with Crippen LogP contribution in [0.2, 0.25) is 0 Å². The van der Waals surface area contributed by atoms with Crippen LogP contribution in [0.15, 0.2) is 0 Å². The Labute approximate surface area is 180 Å². The second kappa shape index (κ2) is 11.4. The second-order valence-corrected chi connectivity index (χ2v) is 13.2. The summed E-state index contributed by atoms with van der Waals surface area (Å²) in [7, 11) is 0. The fraction of sp³-hybridized carbons (Fsp3) is 0.952. The number of carbonyl (C=O) groups is 1. The summed E-state index contributed by atoms with van der Waals surface area (Å²) in [5.74, 6) is -0.435. The molecule has 0 aliphatic heterocycles. The third kappa shape index (κ3) is 15.9. The highest BCUT2D eigenvalue weighted by atomic mass is 32.2. The fourth-order valence-corrected chi connectivity index (χ4v) is 4.43. The van der Waals surface area contributed by atoms with E-state index in [4.69, 9.17) is 9.47 Å². The highest BCUT2D eigenvalue weighted by Gasteiger charge is 2.29. The van der Waals surface area contributed by atoms with Crippen molar-refractivity contribution in [3.63, 3.8) is 0 Å². The van der Waals surface area contributed by atoms with Crippen LogP contribution in [0.25, 0.3) is 0 Å². The minimum Gasteiger partial charge on any atom is -0.481 e. The van der Waals surface area contributed by atoms with Gasteiger partial charge in [-0.3, -0.25) is 4.79 Å². The highest BCUT2D eigenvalue weighted by molar-refractivity contribution is 8.01. The van der Waals surface area contributed by atoms with E-state index in [9.17, 15) is 15.0 Å². The van der Waals surface area contributed by atoms with Crippen LogP contribution in [0, 0.1) is 5.92 Å². The van der Waals surface area contributed by atoms with E-state index < -0.39 is 16.8 Å². The number of hydrogen-bond donors (Lipinski definition) is 2. The Morgan fingerprint density at radius 1 is 0.821 bits per heavy atom. The molecule has 0 amide bonds. The first-order chi connectivity index (χ1) is 12.4. The molecule has 0 spiro atoms. The topological polar surface area (TPSA) is 76.0 Å². The molecule has 0 fully saturated rings. The van der Waals surface area contributed by atoms with E-state index in [2.05, 4.69) is 13.8 Å². The van der Waals surface area contributed by atoms with Crippen molar-refractivity contribution in [3.05, 3.63) is 0 Å². The van der Waals surface area contributed by atoms with Crippen molar-refractivity contribution in [2.75, 3.05) is 24.7 Å². The molecular weight excluding hydrogens is 396 g/mol. The Hall–Kier alpha value is 0.0500. The van der Waals surface area contributed by atoms with E-state index in [1.165, 1.54) is 11.8 Å². The predicted molar refractivity (Wildman–Crippen MR) is 121 cm³/mol. The number of rotatable bonds is 13. The number of thioether (sulfide) groups is 2. The molecule has 0 saturated heterocycles. The van der Waals surface area contributed by atoms with Crippen molar-refractivity contribution in [1.82, 2.24) is 0 Å². The largest absolute Gasteiger partial charge is 0.481 e. The van der Waals surface area contributed by atoms with Gasteiger partial charge in [0.25, 0.3) is 0 Å². The SMILES string of the molecule is CC(C)(C)OCCC(C)(C)SCC(CSC(C)(O)CCOC(C)(C)C)C(=O)O. The summed E-state index contributed by atoms with van der Waals surface area (Å²) in [6, 6.07) is 0. The predicted octanol–water partition coefficient (Wildman–Crippen LogP) is 5.05. The van der Waals surface area contributed by atoms with Crippen LogP contribution in [-0.4, -0.2) is 61.8 Å². The molecule has 0 radical (unpaired) electrons. The number of carboxylic acid groups (broad SMARTS) is 1. The number of hydrogen-bond acceptors (Lipinski definition) is 6. The zero-order valence-corrected chi connectivity index (χ0v) is 20.9. The first-order valence-corrected chi connectivity index (χ1v) is 11.9. The Morgan fingerprint density at radius 2 is 1.25 bits per heavy atom. The molecule has 0 saturated carbocycles. The molecule has 5 nitrogen and oxygen atoms in total. The summed E-state index contributed by atoms with van der Waals surface area (Å²) in [5, 5.41) is 20.1. The molecule has 0 aliphatic carbocycles. The maximum absolute atomic E-state index is 11.7. The summed E-state index contributed by atoms with van der Waals surface area (Å²) in [6.45, 7) is 19.1. The lowest BCUT2D eigenvalue weighted by molar-refractivity contribution is -0.140. The quantitative estimate of drug-likeness (QED) is 0.390. The highest BCUT2D eigenvalue weighted by Crippen LogP contribution is 2.34. The second-order valence-electron chi connectivity index (χ2n) is 10.0. The number of aliphatic hydroxyl groups is 1. The minimum absolute atomic E-state index is 0.0628. The zero-order valence-electron chi connectivity index (χ0n) is 19.3. The number of carboxylic acids is 1. The normalized spacial score (nSPS) is 16.6. The smallest absolute Gasteiger partial charge is 0.308 e. The minimum atomic E-state index is -1.00. The summed E-state index contributed by atoms with van der Waals surface area (Å²) in [5.41, 5.74) is -0.410. The lowest BCUT2D eigenvalue weighted by Crippen LogP contribution is -2.30. The van der Waals surface area contributed by atoms with Crippen molar-refractivity contribution in [2.24, 2.45) is 5.92 Å². The Balaban J connectivity index is 4.45. The molecule has 28 heavy (non-hydrogen) atoms. The van der Waals surface area contributed by atoms with Gasteiger partial charge in [-0.25, -0.2) is 0 Å². The van der Waals surface area contributed by atoms with Gasteiger partial charge in [0.2, 0.25) is 0 Å². The van der Waals surface area contributed by atoms with Crippen LogP contribution in [0.5, 0.6) is 0 Å². The van der Waals surface area contributed by atoms with Gasteiger partial charge in [0, 0.05) is 29.3 Å². The van der Waals surface area contributed by atoms with Gasteiger partial charge < -0.3 is 19.7 Å². The number of aliphatic carboxylic acids is 1. The molecule has 0 aromatic heterocycles. The van der Waals surface area contributed by atoms with Gasteiger partial charge in [-0.05, 0) is 54.9 Å². The van der Waals surface area contributed by atoms with E-state index >= 15 is 0 Å². The monoisotopic (exact) mass is 438 g/mol. The third-order valence-corrected chi connectivity index (χ3v) is 6.91. The Bertz CT molecular complexity index is 428. The average Bonchev–Trinajstić information content (AvgIpc) is 2.43. The van der Waals surface area contributed by atoms with Crippen molar-refractivity contribution in [1.29, 1.82) is 0 Å². The zero-order chi connectivity index (χ0) is 22.2. The van der Waals surface area contributed by atoms with Crippen molar-refractivity contribution < 1.29 is 24.5 Å². The van der Waals surface area contributed by atoms with Crippen molar-refractivity contribution in [3.8, 4) is 0 Å². The molecule has 7 heteroatoms. The lowest BCUT2D eigenvalue weighted by atomic mass is 10.1. The van der Waals surface area contributed by atoms with Gasteiger partial charge in [0.15, 0.2) is 0 Å². The Kier molecular flexibility index (Phi) is 11.5. The van der Waals surface area contributed by atoms with Crippen LogP contribution >= 0.6 is 23.5 Å². The van der Waals surface area contributed by atoms with Gasteiger partial charge in [-0.15, -0.1) is 11.8 Å². The van der Waals surface area contributed by atoms with Crippen LogP contribution in [-0.2, 0) is 14.3 Å². The van der Waals surface area contributed by atoms with E-state index in [0.29, 0.717) is 31.1 Å². The molecule has 168 valence electrons. The van der Waals surface area contributed by atoms with Crippen molar-refractivity contribution >= 4 is 29.5 Å². The molecule has 0 bridgehead atoms. The van der Waals surface area contributed by atoms with Gasteiger partial charge in [-0.1, -0.05) is 13.8 Å². The van der Waals surface area contributed by atoms with Crippen molar-refractivity contribution in [2.45, 2.75) is 96.0 Å². The average molecular weight is 439 g/mol. The standard InChI is InChI=1S/C21H42O5S2/c1-18(2,3)25-12-10-20(7,8)27-14-16(17(22)23)15-28-21(9,24)11-13-26-19(4,5)6/h16,24H,10-15H2,1-9H3,(H,22,23). The summed E-state index contributed by atoms with van der Waals surface area (Å²) in [4.78, 5) is 10.7. The Morgan fingerprint density at radius 3 is 1.68 bits per heavy atom. The molecule has 0 aromatic rings. The molecular formula is C21H42O5S2. The summed E-state index contributed by atoms with van der Waals surface area (Å²) in [6.07, 6.45) is 1.32. The van der Waals surface area contributed by atoms with Gasteiger partial charge in [0.1, 0.15) is 4.93 Å². The lowest BCUT2D eigenvalue weighted by Gasteiger charge is -2.29.